The molecule has 0 amide bonds. The summed E-state index contributed by atoms with van der Waals surface area (Å²) in [6.45, 7) is 4.77. The van der Waals surface area contributed by atoms with Gasteiger partial charge in [0.1, 0.15) is 11.6 Å². The summed E-state index contributed by atoms with van der Waals surface area (Å²) in [5, 5.41) is 3.27. The van der Waals surface area contributed by atoms with Gasteiger partial charge in [-0.25, -0.2) is 8.78 Å². The largest absolute Gasteiger partial charge is 0.310 e. The predicted molar refractivity (Wildman–Crippen MR) is 73.8 cm³/mol. The number of hydrogen-bond acceptors (Lipinski definition) is 1. The number of hydrogen-bond donors (Lipinski definition) is 1. The van der Waals surface area contributed by atoms with E-state index in [0.29, 0.717) is 23.7 Å². The van der Waals surface area contributed by atoms with Crippen LogP contribution < -0.4 is 5.32 Å². The molecular formula is C16H17F2N. The molecule has 1 nitrogen and oxygen atoms in total. The third-order valence-corrected chi connectivity index (χ3v) is 2.88. The Kier molecular flexibility index (Phi) is 4.27. The average Bonchev–Trinajstić information content (AvgIpc) is 2.37. The van der Waals surface area contributed by atoms with E-state index < -0.39 is 0 Å². The monoisotopic (exact) mass is 261 g/mol. The van der Waals surface area contributed by atoms with E-state index in [9.17, 15) is 8.78 Å². The van der Waals surface area contributed by atoms with Gasteiger partial charge in [-0.3, -0.25) is 0 Å². The lowest BCUT2D eigenvalue weighted by Gasteiger charge is -2.10. The second-order valence-electron chi connectivity index (χ2n) is 4.86. The first-order valence-electron chi connectivity index (χ1n) is 6.34. The van der Waals surface area contributed by atoms with E-state index in [1.54, 1.807) is 24.3 Å². The molecule has 0 bridgehead atoms. The molecule has 19 heavy (non-hydrogen) atoms. The van der Waals surface area contributed by atoms with Gasteiger partial charge in [0.05, 0.1) is 0 Å². The van der Waals surface area contributed by atoms with Crippen LogP contribution in [0, 0.1) is 11.6 Å². The van der Waals surface area contributed by atoms with Crippen molar-refractivity contribution >= 4 is 0 Å². The first kappa shape index (κ1) is 13.7. The number of halogens is 2. The summed E-state index contributed by atoms with van der Waals surface area (Å²) >= 11 is 0. The van der Waals surface area contributed by atoms with Gasteiger partial charge in [0.15, 0.2) is 0 Å². The molecule has 0 aliphatic rings. The smallest absolute Gasteiger partial charge is 0.131 e. The van der Waals surface area contributed by atoms with Crippen LogP contribution in [0.5, 0.6) is 0 Å². The van der Waals surface area contributed by atoms with Crippen molar-refractivity contribution in [2.45, 2.75) is 26.4 Å². The first-order valence-corrected chi connectivity index (χ1v) is 6.34. The van der Waals surface area contributed by atoms with Crippen LogP contribution in [0.25, 0.3) is 11.1 Å². The third-order valence-electron chi connectivity index (χ3n) is 2.88. The molecule has 0 saturated carbocycles. The Morgan fingerprint density at radius 3 is 2.53 bits per heavy atom. The second kappa shape index (κ2) is 5.93. The molecule has 2 rings (SSSR count). The molecule has 100 valence electrons. The average molecular weight is 261 g/mol. The first-order chi connectivity index (χ1) is 9.06. The maximum Gasteiger partial charge on any atom is 0.131 e. The Morgan fingerprint density at radius 1 is 1.05 bits per heavy atom. The summed E-state index contributed by atoms with van der Waals surface area (Å²) in [6.07, 6.45) is 0. The minimum absolute atomic E-state index is 0.334. The van der Waals surface area contributed by atoms with Crippen LogP contribution in [-0.2, 0) is 6.54 Å². The van der Waals surface area contributed by atoms with Crippen molar-refractivity contribution in [3.63, 3.8) is 0 Å². The number of nitrogens with one attached hydrogen (secondary N) is 1. The lowest BCUT2D eigenvalue weighted by molar-refractivity contribution is 0.586. The molecule has 0 aliphatic carbocycles. The summed E-state index contributed by atoms with van der Waals surface area (Å²) in [6, 6.07) is 11.3. The van der Waals surface area contributed by atoms with Gasteiger partial charge in [0.25, 0.3) is 0 Å². The molecule has 0 heterocycles. The van der Waals surface area contributed by atoms with Crippen LogP contribution in [0.2, 0.25) is 0 Å². The van der Waals surface area contributed by atoms with Crippen molar-refractivity contribution < 1.29 is 8.78 Å². The van der Waals surface area contributed by atoms with E-state index in [1.807, 2.05) is 0 Å². The van der Waals surface area contributed by atoms with Crippen LogP contribution in [-0.4, -0.2) is 6.04 Å². The molecule has 1 N–H and O–H groups in total. The molecule has 0 aliphatic heterocycles. The van der Waals surface area contributed by atoms with Crippen molar-refractivity contribution in [3.05, 3.63) is 59.7 Å². The Morgan fingerprint density at radius 2 is 1.84 bits per heavy atom. The van der Waals surface area contributed by atoms with Gasteiger partial charge in [0, 0.05) is 18.2 Å². The van der Waals surface area contributed by atoms with Crippen LogP contribution in [0.4, 0.5) is 8.78 Å². The van der Waals surface area contributed by atoms with Gasteiger partial charge >= 0.3 is 0 Å². The zero-order valence-electron chi connectivity index (χ0n) is 11.1. The van der Waals surface area contributed by atoms with Gasteiger partial charge in [-0.2, -0.15) is 0 Å². The summed E-state index contributed by atoms with van der Waals surface area (Å²) in [5.74, 6) is -0.693. The number of benzene rings is 2. The highest BCUT2D eigenvalue weighted by Crippen LogP contribution is 2.24. The van der Waals surface area contributed by atoms with Gasteiger partial charge in [-0.1, -0.05) is 32.0 Å². The van der Waals surface area contributed by atoms with E-state index >= 15 is 0 Å². The van der Waals surface area contributed by atoms with Gasteiger partial charge in [-0.05, 0) is 35.4 Å². The van der Waals surface area contributed by atoms with E-state index in [0.717, 1.165) is 5.56 Å². The van der Waals surface area contributed by atoms with Crippen molar-refractivity contribution in [1.82, 2.24) is 5.32 Å². The highest BCUT2D eigenvalue weighted by molar-refractivity contribution is 5.64. The van der Waals surface area contributed by atoms with Gasteiger partial charge in [-0.15, -0.1) is 0 Å². The molecule has 0 unspecified atom stereocenters. The summed E-state index contributed by atoms with van der Waals surface area (Å²) in [4.78, 5) is 0. The third kappa shape index (κ3) is 3.61. The van der Waals surface area contributed by atoms with Crippen LogP contribution in [0.3, 0.4) is 0 Å². The zero-order chi connectivity index (χ0) is 13.8. The van der Waals surface area contributed by atoms with Crippen molar-refractivity contribution in [2.24, 2.45) is 0 Å². The van der Waals surface area contributed by atoms with E-state index in [2.05, 4.69) is 19.2 Å². The minimum Gasteiger partial charge on any atom is -0.310 e. The molecule has 0 fully saturated rings. The summed E-state index contributed by atoms with van der Waals surface area (Å²) < 4.78 is 27.0. The molecule has 0 radical (unpaired) electrons. The molecule has 0 saturated heterocycles. The lowest BCUT2D eigenvalue weighted by atomic mass is 10.0. The quantitative estimate of drug-likeness (QED) is 0.872. The zero-order valence-corrected chi connectivity index (χ0v) is 11.1. The summed E-state index contributed by atoms with van der Waals surface area (Å²) in [5.41, 5.74) is 1.97. The fourth-order valence-corrected chi connectivity index (χ4v) is 1.88. The van der Waals surface area contributed by atoms with Crippen molar-refractivity contribution in [2.75, 3.05) is 0 Å². The van der Waals surface area contributed by atoms with E-state index in [-0.39, 0.29) is 11.6 Å². The Hall–Kier alpha value is -1.74. The normalized spacial score (nSPS) is 11.0. The maximum absolute atomic E-state index is 13.8. The molecule has 0 spiro atoms. The highest BCUT2D eigenvalue weighted by atomic mass is 19.1. The van der Waals surface area contributed by atoms with E-state index in [4.69, 9.17) is 0 Å². The highest BCUT2D eigenvalue weighted by Gasteiger charge is 2.07. The maximum atomic E-state index is 13.8. The minimum atomic E-state index is -0.359. The van der Waals surface area contributed by atoms with Crippen LogP contribution in [0.15, 0.2) is 42.5 Å². The van der Waals surface area contributed by atoms with Crippen LogP contribution >= 0.6 is 0 Å². The molecule has 3 heteroatoms. The van der Waals surface area contributed by atoms with Crippen LogP contribution in [0.1, 0.15) is 19.4 Å². The topological polar surface area (TPSA) is 12.0 Å². The molecule has 2 aromatic carbocycles. The molecule has 0 atom stereocenters. The fourth-order valence-electron chi connectivity index (χ4n) is 1.88. The predicted octanol–water partition coefficient (Wildman–Crippen LogP) is 4.13. The standard InChI is InChI=1S/C16H17F2N/c1-11(2)19-10-12-6-7-16(18)15(8-12)13-4-3-5-14(17)9-13/h3-9,11,19H,10H2,1-2H3. The second-order valence-corrected chi connectivity index (χ2v) is 4.86. The summed E-state index contributed by atoms with van der Waals surface area (Å²) in [7, 11) is 0. The Labute approximate surface area is 112 Å². The van der Waals surface area contributed by atoms with Crippen molar-refractivity contribution in [1.29, 1.82) is 0 Å². The molecule has 0 aromatic heterocycles. The Bertz CT molecular complexity index is 564. The van der Waals surface area contributed by atoms with Crippen molar-refractivity contribution in [3.8, 4) is 11.1 Å². The molecular weight excluding hydrogens is 244 g/mol. The van der Waals surface area contributed by atoms with Gasteiger partial charge < -0.3 is 5.32 Å². The lowest BCUT2D eigenvalue weighted by Crippen LogP contribution is -2.21. The fraction of sp³-hybridized carbons (Fsp3) is 0.250. The SMILES string of the molecule is CC(C)NCc1ccc(F)c(-c2cccc(F)c2)c1. The van der Waals surface area contributed by atoms with E-state index in [1.165, 1.54) is 18.2 Å². The Balaban J connectivity index is 2.31. The van der Waals surface area contributed by atoms with Gasteiger partial charge in [0.2, 0.25) is 0 Å². The molecule has 2 aromatic rings. The number of rotatable bonds is 4.